The first-order valence-electron chi connectivity index (χ1n) is 21.5. The van der Waals surface area contributed by atoms with Gasteiger partial charge in [-0.2, -0.15) is 0 Å². The van der Waals surface area contributed by atoms with Crippen molar-refractivity contribution >= 4 is 17.1 Å². The summed E-state index contributed by atoms with van der Waals surface area (Å²) in [6.07, 6.45) is 0. The third-order valence-electron chi connectivity index (χ3n) is 13.5. The highest BCUT2D eigenvalue weighted by atomic mass is 15.1. The third-order valence-corrected chi connectivity index (χ3v) is 13.5. The maximum Gasteiger partial charge on any atom is 0.0467 e. The van der Waals surface area contributed by atoms with Gasteiger partial charge in [-0.15, -0.1) is 0 Å². The molecular formula is C60H47N. The molecule has 1 heteroatoms. The SMILES string of the molecule is CC1(C)c2ccccc2-c2ccc(N(c3ccc(-c4ccc(-c5ccccc5-c5ccccc5)cc4)cc3)c3cccc(-c4cccc5c4C(C)(C)c4ccccc4-5)c3)cc21. The van der Waals surface area contributed by atoms with Crippen LogP contribution in [0.5, 0.6) is 0 Å². The van der Waals surface area contributed by atoms with Crippen LogP contribution in [0.25, 0.3) is 66.8 Å². The lowest BCUT2D eigenvalue weighted by Gasteiger charge is -2.29. The van der Waals surface area contributed by atoms with E-state index in [9.17, 15) is 0 Å². The van der Waals surface area contributed by atoms with Gasteiger partial charge in [-0.3, -0.25) is 0 Å². The molecule has 11 rings (SSSR count). The van der Waals surface area contributed by atoms with E-state index in [0.717, 1.165) is 17.1 Å². The Labute approximate surface area is 360 Å². The Kier molecular flexibility index (Phi) is 8.58. The molecule has 0 radical (unpaired) electrons. The van der Waals surface area contributed by atoms with E-state index in [4.69, 9.17) is 0 Å². The molecule has 0 saturated carbocycles. The van der Waals surface area contributed by atoms with E-state index in [1.165, 1.54) is 89.0 Å². The first kappa shape index (κ1) is 36.8. The van der Waals surface area contributed by atoms with Gasteiger partial charge in [0.15, 0.2) is 0 Å². The Hall–Kier alpha value is -7.22. The lowest BCUT2D eigenvalue weighted by Crippen LogP contribution is -2.17. The van der Waals surface area contributed by atoms with Gasteiger partial charge in [0.05, 0.1) is 0 Å². The summed E-state index contributed by atoms with van der Waals surface area (Å²) >= 11 is 0. The van der Waals surface area contributed by atoms with E-state index in [-0.39, 0.29) is 10.8 Å². The predicted octanol–water partition coefficient (Wildman–Crippen LogP) is 16.4. The van der Waals surface area contributed by atoms with Crippen molar-refractivity contribution in [3.8, 4) is 66.8 Å². The second-order valence-electron chi connectivity index (χ2n) is 17.7. The van der Waals surface area contributed by atoms with Gasteiger partial charge in [-0.05, 0) is 125 Å². The highest BCUT2D eigenvalue weighted by Gasteiger charge is 2.38. The van der Waals surface area contributed by atoms with E-state index < -0.39 is 0 Å². The molecule has 0 aliphatic heterocycles. The van der Waals surface area contributed by atoms with Crippen molar-refractivity contribution in [3.63, 3.8) is 0 Å². The standard InChI is InChI=1S/C60H47N/c1-59(2)55-26-12-10-22-51(55)53-37-36-47(39-57(53)59)61(46-19-14-18-44(38-46)50-24-15-25-54-52-23-11-13-27-56(52)60(3,4)58(50)54)45-34-32-41(33-35-45)40-28-30-43(31-29-40)49-21-9-8-20-48(49)42-16-6-5-7-17-42/h5-39H,1-4H3. The second-order valence-corrected chi connectivity index (χ2v) is 17.7. The number of anilines is 3. The van der Waals surface area contributed by atoms with E-state index in [2.05, 4.69) is 245 Å². The van der Waals surface area contributed by atoms with Gasteiger partial charge in [0, 0.05) is 27.9 Å². The van der Waals surface area contributed by atoms with Gasteiger partial charge in [0.2, 0.25) is 0 Å². The lowest BCUT2D eigenvalue weighted by molar-refractivity contribution is 0.660. The van der Waals surface area contributed by atoms with Gasteiger partial charge in [-0.1, -0.05) is 204 Å². The smallest absolute Gasteiger partial charge is 0.0467 e. The number of hydrogen-bond acceptors (Lipinski definition) is 1. The maximum atomic E-state index is 2.44. The Bertz CT molecular complexity index is 3110. The first-order valence-corrected chi connectivity index (χ1v) is 21.5. The molecule has 1 nitrogen and oxygen atoms in total. The lowest BCUT2D eigenvalue weighted by atomic mass is 9.79. The Balaban J connectivity index is 0.996. The van der Waals surface area contributed by atoms with Crippen LogP contribution in [0.2, 0.25) is 0 Å². The molecular weight excluding hydrogens is 735 g/mol. The minimum absolute atomic E-state index is 0.113. The van der Waals surface area contributed by atoms with Crippen molar-refractivity contribution in [2.24, 2.45) is 0 Å². The number of rotatable bonds is 7. The average molecular weight is 782 g/mol. The van der Waals surface area contributed by atoms with Crippen LogP contribution in [0, 0.1) is 0 Å². The van der Waals surface area contributed by atoms with Crippen LogP contribution >= 0.6 is 0 Å². The molecule has 0 N–H and O–H groups in total. The predicted molar refractivity (Wildman–Crippen MR) is 258 cm³/mol. The largest absolute Gasteiger partial charge is 0.310 e. The van der Waals surface area contributed by atoms with Crippen molar-refractivity contribution in [1.82, 2.24) is 0 Å². The summed E-state index contributed by atoms with van der Waals surface area (Å²) in [5.41, 5.74) is 23.9. The molecule has 0 aromatic heterocycles. The summed E-state index contributed by atoms with van der Waals surface area (Å²) in [7, 11) is 0. The molecule has 61 heavy (non-hydrogen) atoms. The van der Waals surface area contributed by atoms with Gasteiger partial charge in [0.1, 0.15) is 0 Å². The zero-order chi connectivity index (χ0) is 41.3. The summed E-state index contributed by atoms with van der Waals surface area (Å²) in [6, 6.07) is 78.4. The number of benzene rings is 9. The van der Waals surface area contributed by atoms with Gasteiger partial charge in [0.25, 0.3) is 0 Å². The fourth-order valence-electron chi connectivity index (χ4n) is 10.4. The van der Waals surface area contributed by atoms with E-state index in [1.54, 1.807) is 0 Å². The quantitative estimate of drug-likeness (QED) is 0.156. The third kappa shape index (κ3) is 5.99. The fourth-order valence-corrected chi connectivity index (χ4v) is 10.4. The summed E-state index contributed by atoms with van der Waals surface area (Å²) < 4.78 is 0. The highest BCUT2D eigenvalue weighted by molar-refractivity contribution is 5.91. The molecule has 0 saturated heterocycles. The zero-order valence-electron chi connectivity index (χ0n) is 35.2. The van der Waals surface area contributed by atoms with Crippen LogP contribution in [-0.2, 0) is 10.8 Å². The molecule has 9 aromatic rings. The summed E-state index contributed by atoms with van der Waals surface area (Å²) in [6.45, 7) is 9.48. The van der Waals surface area contributed by atoms with Crippen molar-refractivity contribution < 1.29 is 0 Å². The highest BCUT2D eigenvalue weighted by Crippen LogP contribution is 2.53. The van der Waals surface area contributed by atoms with Crippen LogP contribution in [0.15, 0.2) is 212 Å². The van der Waals surface area contributed by atoms with Crippen molar-refractivity contribution in [1.29, 1.82) is 0 Å². The summed E-state index contributed by atoms with van der Waals surface area (Å²) in [5.74, 6) is 0. The van der Waals surface area contributed by atoms with E-state index >= 15 is 0 Å². The van der Waals surface area contributed by atoms with Crippen molar-refractivity contribution in [2.75, 3.05) is 4.90 Å². The van der Waals surface area contributed by atoms with E-state index in [1.807, 2.05) is 0 Å². The zero-order valence-corrected chi connectivity index (χ0v) is 35.2. The Morgan fingerprint density at radius 3 is 1.39 bits per heavy atom. The summed E-state index contributed by atoms with van der Waals surface area (Å²) in [5, 5.41) is 0. The van der Waals surface area contributed by atoms with Crippen LogP contribution in [0.3, 0.4) is 0 Å². The molecule has 0 bridgehead atoms. The van der Waals surface area contributed by atoms with Gasteiger partial charge < -0.3 is 4.90 Å². The number of fused-ring (bicyclic) bond motifs is 6. The second kappa shape index (κ2) is 14.2. The van der Waals surface area contributed by atoms with Gasteiger partial charge in [-0.25, -0.2) is 0 Å². The van der Waals surface area contributed by atoms with Crippen LogP contribution in [0.4, 0.5) is 17.1 Å². The normalized spacial score (nSPS) is 13.8. The molecule has 2 aliphatic rings. The molecule has 0 spiro atoms. The molecule has 0 unspecified atom stereocenters. The Morgan fingerprint density at radius 2 is 0.705 bits per heavy atom. The Morgan fingerprint density at radius 1 is 0.262 bits per heavy atom. The minimum atomic E-state index is -0.113. The first-order chi connectivity index (χ1) is 29.8. The average Bonchev–Trinajstić information content (AvgIpc) is 3.69. The molecule has 292 valence electrons. The molecule has 9 aromatic carbocycles. The van der Waals surface area contributed by atoms with Gasteiger partial charge >= 0.3 is 0 Å². The monoisotopic (exact) mass is 781 g/mol. The minimum Gasteiger partial charge on any atom is -0.310 e. The van der Waals surface area contributed by atoms with Crippen LogP contribution in [0.1, 0.15) is 49.9 Å². The summed E-state index contributed by atoms with van der Waals surface area (Å²) in [4.78, 5) is 2.44. The topological polar surface area (TPSA) is 3.24 Å². The molecule has 2 aliphatic carbocycles. The van der Waals surface area contributed by atoms with Crippen LogP contribution < -0.4 is 4.90 Å². The molecule has 0 amide bonds. The molecule has 0 heterocycles. The maximum absolute atomic E-state index is 2.44. The van der Waals surface area contributed by atoms with E-state index in [0.29, 0.717) is 0 Å². The molecule has 0 atom stereocenters. The number of hydrogen-bond donors (Lipinski definition) is 0. The number of nitrogens with zero attached hydrogens (tertiary/aromatic N) is 1. The van der Waals surface area contributed by atoms with Crippen LogP contribution in [-0.4, -0.2) is 0 Å². The van der Waals surface area contributed by atoms with Crippen molar-refractivity contribution in [3.05, 3.63) is 235 Å². The fraction of sp³-hybridized carbons (Fsp3) is 0.100. The molecule has 0 fully saturated rings. The van der Waals surface area contributed by atoms with Crippen molar-refractivity contribution in [2.45, 2.75) is 38.5 Å².